The van der Waals surface area contributed by atoms with Gasteiger partial charge in [-0.05, 0) is 12.1 Å². The lowest BCUT2D eigenvalue weighted by Gasteiger charge is -2.06. The van der Waals surface area contributed by atoms with Crippen molar-refractivity contribution in [2.24, 2.45) is 0 Å². The molecule has 4 heteroatoms. The van der Waals surface area contributed by atoms with Crippen molar-refractivity contribution in [3.63, 3.8) is 0 Å². The van der Waals surface area contributed by atoms with E-state index in [9.17, 15) is 4.39 Å². The predicted octanol–water partition coefficient (Wildman–Crippen LogP) is 2.74. The van der Waals surface area contributed by atoms with Crippen molar-refractivity contribution in [2.45, 2.75) is 0 Å². The number of nitrogens with one attached hydrogen (secondary N) is 1. The second-order valence-corrected chi connectivity index (χ2v) is 3.86. The fraction of sp³-hybridized carbons (Fsp3) is 0.273. The maximum absolute atomic E-state index is 12.9. The topological polar surface area (TPSA) is 21.3 Å². The highest BCUT2D eigenvalue weighted by Crippen LogP contribution is 2.20. The van der Waals surface area contributed by atoms with E-state index in [-0.39, 0.29) is 5.82 Å². The Morgan fingerprint density at radius 3 is 2.93 bits per heavy atom. The Bertz CT molecular complexity index is 310. The minimum atomic E-state index is -0.307. The zero-order chi connectivity index (χ0) is 11.1. The number of benzene rings is 1. The van der Waals surface area contributed by atoms with Gasteiger partial charge in [-0.3, -0.25) is 0 Å². The summed E-state index contributed by atoms with van der Waals surface area (Å²) in [5, 5.41) is 3.09. The first-order chi connectivity index (χ1) is 7.22. The summed E-state index contributed by atoms with van der Waals surface area (Å²) in [6.07, 6.45) is 1.78. The average Bonchev–Trinajstić information content (AvgIpc) is 2.16. The highest BCUT2D eigenvalue weighted by molar-refractivity contribution is 9.10. The van der Waals surface area contributed by atoms with Crippen LogP contribution in [0.25, 0.3) is 0 Å². The molecule has 0 saturated heterocycles. The van der Waals surface area contributed by atoms with Gasteiger partial charge in [-0.25, -0.2) is 4.39 Å². The first kappa shape index (κ1) is 12.2. The van der Waals surface area contributed by atoms with Gasteiger partial charge in [0.1, 0.15) is 18.2 Å². The van der Waals surface area contributed by atoms with E-state index in [0.29, 0.717) is 23.4 Å². The van der Waals surface area contributed by atoms with Crippen LogP contribution in [0.1, 0.15) is 0 Å². The summed E-state index contributed by atoms with van der Waals surface area (Å²) in [5.74, 6) is 0.223. The van der Waals surface area contributed by atoms with Crippen LogP contribution in [-0.4, -0.2) is 19.7 Å². The number of rotatable bonds is 6. The van der Waals surface area contributed by atoms with Gasteiger partial charge in [0, 0.05) is 23.6 Å². The van der Waals surface area contributed by atoms with Crippen LogP contribution in [0.4, 0.5) is 4.39 Å². The molecule has 1 N–H and O–H groups in total. The van der Waals surface area contributed by atoms with Crippen molar-refractivity contribution in [1.82, 2.24) is 5.32 Å². The molecule has 0 atom stereocenters. The van der Waals surface area contributed by atoms with E-state index in [2.05, 4.69) is 27.8 Å². The van der Waals surface area contributed by atoms with Crippen molar-refractivity contribution in [3.8, 4) is 5.75 Å². The maximum Gasteiger partial charge on any atom is 0.128 e. The summed E-state index contributed by atoms with van der Waals surface area (Å²) in [7, 11) is 0. The molecule has 0 aliphatic rings. The summed E-state index contributed by atoms with van der Waals surface area (Å²) in [6.45, 7) is 5.54. The summed E-state index contributed by atoms with van der Waals surface area (Å²) in [6, 6.07) is 4.48. The SMILES string of the molecule is C=CCNCCOc1cc(F)cc(Br)c1. The molecule has 0 aromatic heterocycles. The zero-order valence-corrected chi connectivity index (χ0v) is 9.89. The van der Waals surface area contributed by atoms with Crippen LogP contribution in [0.5, 0.6) is 5.75 Å². The van der Waals surface area contributed by atoms with Crippen molar-refractivity contribution in [2.75, 3.05) is 19.7 Å². The Morgan fingerprint density at radius 2 is 2.27 bits per heavy atom. The Kier molecular flexibility index (Phi) is 5.36. The van der Waals surface area contributed by atoms with E-state index in [1.54, 1.807) is 12.1 Å². The number of halogens is 2. The minimum absolute atomic E-state index is 0.307. The van der Waals surface area contributed by atoms with Crippen LogP contribution in [-0.2, 0) is 0 Å². The van der Waals surface area contributed by atoms with E-state index in [4.69, 9.17) is 4.74 Å². The van der Waals surface area contributed by atoms with Crippen LogP contribution < -0.4 is 10.1 Å². The summed E-state index contributed by atoms with van der Waals surface area (Å²) >= 11 is 3.20. The number of hydrogen-bond donors (Lipinski definition) is 1. The molecule has 0 unspecified atom stereocenters. The lowest BCUT2D eigenvalue weighted by molar-refractivity contribution is 0.314. The van der Waals surface area contributed by atoms with Crippen molar-refractivity contribution >= 4 is 15.9 Å². The molecule has 0 fully saturated rings. The smallest absolute Gasteiger partial charge is 0.128 e. The molecule has 1 aromatic carbocycles. The Hall–Kier alpha value is -0.870. The lowest BCUT2D eigenvalue weighted by Crippen LogP contribution is -2.20. The van der Waals surface area contributed by atoms with Gasteiger partial charge in [-0.1, -0.05) is 22.0 Å². The Morgan fingerprint density at radius 1 is 1.47 bits per heavy atom. The van der Waals surface area contributed by atoms with Gasteiger partial charge in [0.25, 0.3) is 0 Å². The van der Waals surface area contributed by atoms with E-state index in [1.807, 2.05) is 0 Å². The van der Waals surface area contributed by atoms with Gasteiger partial charge < -0.3 is 10.1 Å². The molecule has 82 valence electrons. The first-order valence-electron chi connectivity index (χ1n) is 4.63. The van der Waals surface area contributed by atoms with Crippen molar-refractivity contribution < 1.29 is 9.13 Å². The second kappa shape index (κ2) is 6.58. The molecule has 0 heterocycles. The molecule has 0 spiro atoms. The van der Waals surface area contributed by atoms with Crippen LogP contribution >= 0.6 is 15.9 Å². The maximum atomic E-state index is 12.9. The number of ether oxygens (including phenoxy) is 1. The highest BCUT2D eigenvalue weighted by atomic mass is 79.9. The molecular formula is C11H13BrFNO. The normalized spacial score (nSPS) is 10.0. The first-order valence-corrected chi connectivity index (χ1v) is 5.42. The molecular weight excluding hydrogens is 261 g/mol. The summed E-state index contributed by atoms with van der Waals surface area (Å²) in [4.78, 5) is 0. The predicted molar refractivity (Wildman–Crippen MR) is 62.7 cm³/mol. The average molecular weight is 274 g/mol. The molecule has 1 aromatic rings. The second-order valence-electron chi connectivity index (χ2n) is 2.95. The van der Waals surface area contributed by atoms with Gasteiger partial charge in [-0.15, -0.1) is 6.58 Å². The van der Waals surface area contributed by atoms with Gasteiger partial charge in [0.05, 0.1) is 0 Å². The monoisotopic (exact) mass is 273 g/mol. The highest BCUT2D eigenvalue weighted by Gasteiger charge is 1.99. The largest absolute Gasteiger partial charge is 0.492 e. The summed E-state index contributed by atoms with van der Waals surface area (Å²) in [5.41, 5.74) is 0. The Labute approximate surface area is 97.3 Å². The van der Waals surface area contributed by atoms with E-state index < -0.39 is 0 Å². The molecule has 0 saturated carbocycles. The van der Waals surface area contributed by atoms with Gasteiger partial charge >= 0.3 is 0 Å². The molecule has 15 heavy (non-hydrogen) atoms. The molecule has 1 rings (SSSR count). The molecule has 0 aliphatic heterocycles. The molecule has 2 nitrogen and oxygen atoms in total. The van der Waals surface area contributed by atoms with Crippen LogP contribution in [0.15, 0.2) is 35.3 Å². The van der Waals surface area contributed by atoms with Crippen LogP contribution in [0, 0.1) is 5.82 Å². The fourth-order valence-electron chi connectivity index (χ4n) is 1.06. The third-order valence-corrected chi connectivity index (χ3v) is 2.13. The van der Waals surface area contributed by atoms with Gasteiger partial charge in [0.2, 0.25) is 0 Å². The fourth-order valence-corrected chi connectivity index (χ4v) is 1.50. The van der Waals surface area contributed by atoms with Crippen LogP contribution in [0.2, 0.25) is 0 Å². The third-order valence-electron chi connectivity index (χ3n) is 1.67. The number of hydrogen-bond acceptors (Lipinski definition) is 2. The van der Waals surface area contributed by atoms with Crippen molar-refractivity contribution in [1.29, 1.82) is 0 Å². The molecule has 0 amide bonds. The van der Waals surface area contributed by atoms with Crippen LogP contribution in [0.3, 0.4) is 0 Å². The quantitative estimate of drug-likeness (QED) is 0.636. The molecule has 0 aliphatic carbocycles. The van der Waals surface area contributed by atoms with E-state index in [0.717, 1.165) is 6.54 Å². The minimum Gasteiger partial charge on any atom is -0.492 e. The zero-order valence-electron chi connectivity index (χ0n) is 8.30. The van der Waals surface area contributed by atoms with Crippen molar-refractivity contribution in [3.05, 3.63) is 41.1 Å². The standard InChI is InChI=1S/C11H13BrFNO/c1-2-3-14-4-5-15-11-7-9(12)6-10(13)8-11/h2,6-8,14H,1,3-5H2. The molecule has 0 radical (unpaired) electrons. The third kappa shape index (κ3) is 4.95. The van der Waals surface area contributed by atoms with Gasteiger partial charge in [-0.2, -0.15) is 0 Å². The van der Waals surface area contributed by atoms with E-state index in [1.165, 1.54) is 12.1 Å². The lowest BCUT2D eigenvalue weighted by atomic mass is 10.3. The Balaban J connectivity index is 2.33. The van der Waals surface area contributed by atoms with E-state index >= 15 is 0 Å². The van der Waals surface area contributed by atoms with Gasteiger partial charge in [0.15, 0.2) is 0 Å². The molecule has 0 bridgehead atoms. The summed E-state index contributed by atoms with van der Waals surface area (Å²) < 4.78 is 18.9.